The molecular weight excluding hydrogens is 356 g/mol. The van der Waals surface area contributed by atoms with Gasteiger partial charge in [-0.1, -0.05) is 0 Å². The second-order valence-corrected chi connectivity index (χ2v) is 7.85. The Morgan fingerprint density at radius 2 is 1.86 bits per heavy atom. The van der Waals surface area contributed by atoms with Gasteiger partial charge in [-0.2, -0.15) is 0 Å². The summed E-state index contributed by atoms with van der Waals surface area (Å²) in [6, 6.07) is 7.94. The zero-order valence-corrected chi connectivity index (χ0v) is 16.9. The number of benzene rings is 1. The SMILES string of the molecule is CC(C)n1cncc1COc1ccc(-c2cn(C(=O)OC(C)(C)C)cn2)cc1. The van der Waals surface area contributed by atoms with Gasteiger partial charge in [0.1, 0.15) is 24.3 Å². The quantitative estimate of drug-likeness (QED) is 0.640. The van der Waals surface area contributed by atoms with Gasteiger partial charge in [0.05, 0.1) is 23.9 Å². The molecule has 0 N–H and O–H groups in total. The molecule has 0 unspecified atom stereocenters. The van der Waals surface area contributed by atoms with E-state index in [-0.39, 0.29) is 0 Å². The first-order valence-corrected chi connectivity index (χ1v) is 9.24. The number of nitrogens with zero attached hydrogens (tertiary/aromatic N) is 4. The first-order valence-electron chi connectivity index (χ1n) is 9.24. The normalized spacial score (nSPS) is 11.6. The summed E-state index contributed by atoms with van der Waals surface area (Å²) in [6.45, 7) is 10.2. The number of imidazole rings is 2. The molecule has 0 amide bonds. The number of hydrogen-bond donors (Lipinski definition) is 0. The standard InChI is InChI=1S/C21H26N4O3/c1-15(2)25-13-22-10-17(25)12-27-18-8-6-16(7-9-18)19-11-24(14-23-19)20(26)28-21(3,4)5/h6-11,13-15H,12H2,1-5H3. The minimum absolute atomic E-state index is 0.337. The van der Waals surface area contributed by atoms with E-state index < -0.39 is 11.7 Å². The van der Waals surface area contributed by atoms with Crippen molar-refractivity contribution in [3.05, 3.63) is 55.0 Å². The van der Waals surface area contributed by atoms with Gasteiger partial charge in [-0.05, 0) is 58.9 Å². The Hall–Kier alpha value is -3.09. The number of carbonyl (C=O) groups is 1. The van der Waals surface area contributed by atoms with Crippen molar-refractivity contribution in [2.45, 2.75) is 52.9 Å². The number of hydrogen-bond acceptors (Lipinski definition) is 5. The molecule has 0 aliphatic rings. The van der Waals surface area contributed by atoms with Crippen molar-refractivity contribution < 1.29 is 14.3 Å². The van der Waals surface area contributed by atoms with Crippen LogP contribution in [0.25, 0.3) is 11.3 Å². The molecule has 0 bridgehead atoms. The smallest absolute Gasteiger partial charge is 0.419 e. The summed E-state index contributed by atoms with van der Waals surface area (Å²) in [7, 11) is 0. The molecule has 7 heteroatoms. The molecule has 3 rings (SSSR count). The first-order chi connectivity index (χ1) is 13.2. The second-order valence-electron chi connectivity index (χ2n) is 7.85. The summed E-state index contributed by atoms with van der Waals surface area (Å²) in [4.78, 5) is 20.6. The number of ether oxygens (including phenoxy) is 2. The van der Waals surface area contributed by atoms with E-state index in [1.165, 1.54) is 10.9 Å². The molecule has 7 nitrogen and oxygen atoms in total. The van der Waals surface area contributed by atoms with Crippen molar-refractivity contribution in [2.24, 2.45) is 0 Å². The summed E-state index contributed by atoms with van der Waals surface area (Å²) < 4.78 is 14.6. The summed E-state index contributed by atoms with van der Waals surface area (Å²) in [5, 5.41) is 0. The number of carbonyl (C=O) groups excluding carboxylic acids is 1. The number of aromatic nitrogens is 4. The summed E-state index contributed by atoms with van der Waals surface area (Å²) in [5.41, 5.74) is 2.05. The second kappa shape index (κ2) is 7.88. The molecule has 0 radical (unpaired) electrons. The van der Waals surface area contributed by atoms with Crippen molar-refractivity contribution in [1.82, 2.24) is 19.1 Å². The maximum Gasteiger partial charge on any atom is 0.419 e. The molecular formula is C21H26N4O3. The molecule has 0 saturated heterocycles. The molecule has 0 aliphatic carbocycles. The Bertz CT molecular complexity index is 933. The fourth-order valence-corrected chi connectivity index (χ4v) is 2.67. The lowest BCUT2D eigenvalue weighted by atomic mass is 10.1. The van der Waals surface area contributed by atoms with Crippen molar-refractivity contribution in [3.63, 3.8) is 0 Å². The molecule has 0 spiro atoms. The summed E-state index contributed by atoms with van der Waals surface area (Å²) in [6.07, 6.45) is 6.30. The topological polar surface area (TPSA) is 71.2 Å². The van der Waals surface area contributed by atoms with Crippen LogP contribution in [0.5, 0.6) is 5.75 Å². The predicted molar refractivity (Wildman–Crippen MR) is 106 cm³/mol. The zero-order valence-electron chi connectivity index (χ0n) is 16.9. The molecule has 0 fully saturated rings. The third kappa shape index (κ3) is 4.79. The molecule has 2 heterocycles. The third-order valence-electron chi connectivity index (χ3n) is 4.03. The average molecular weight is 382 g/mol. The monoisotopic (exact) mass is 382 g/mol. The van der Waals surface area contributed by atoms with E-state index >= 15 is 0 Å². The molecule has 0 aliphatic heterocycles. The van der Waals surface area contributed by atoms with Gasteiger partial charge in [-0.15, -0.1) is 0 Å². The van der Waals surface area contributed by atoms with Gasteiger partial charge in [0.15, 0.2) is 0 Å². The largest absolute Gasteiger partial charge is 0.487 e. The van der Waals surface area contributed by atoms with Crippen molar-refractivity contribution in [2.75, 3.05) is 0 Å². The number of rotatable bonds is 5. The summed E-state index contributed by atoms with van der Waals surface area (Å²) >= 11 is 0. The minimum Gasteiger partial charge on any atom is -0.487 e. The molecule has 2 aromatic heterocycles. The molecule has 0 atom stereocenters. The fourth-order valence-electron chi connectivity index (χ4n) is 2.67. The maximum atomic E-state index is 12.1. The minimum atomic E-state index is -0.550. The van der Waals surface area contributed by atoms with E-state index in [1.54, 1.807) is 6.20 Å². The van der Waals surface area contributed by atoms with Crippen LogP contribution in [0.15, 0.2) is 49.3 Å². The van der Waals surface area contributed by atoms with Crippen LogP contribution in [0.4, 0.5) is 4.79 Å². The highest BCUT2D eigenvalue weighted by Crippen LogP contribution is 2.22. The van der Waals surface area contributed by atoms with Crippen LogP contribution >= 0.6 is 0 Å². The maximum absolute atomic E-state index is 12.1. The zero-order chi connectivity index (χ0) is 20.3. The lowest BCUT2D eigenvalue weighted by molar-refractivity contribution is 0.0536. The van der Waals surface area contributed by atoms with Gasteiger partial charge in [0, 0.05) is 17.8 Å². The Balaban J connectivity index is 1.65. The molecule has 3 aromatic rings. The van der Waals surface area contributed by atoms with Gasteiger partial charge in [0.25, 0.3) is 0 Å². The van der Waals surface area contributed by atoms with Crippen molar-refractivity contribution >= 4 is 6.09 Å². The van der Waals surface area contributed by atoms with Gasteiger partial charge in [0.2, 0.25) is 0 Å². The van der Waals surface area contributed by atoms with E-state index in [2.05, 4.69) is 28.4 Å². The molecule has 148 valence electrons. The van der Waals surface area contributed by atoms with Crippen LogP contribution < -0.4 is 4.74 Å². The molecule has 0 saturated carbocycles. The van der Waals surface area contributed by atoms with Crippen LogP contribution in [0.3, 0.4) is 0 Å². The van der Waals surface area contributed by atoms with Crippen LogP contribution in [-0.4, -0.2) is 30.8 Å². The molecule has 28 heavy (non-hydrogen) atoms. The van der Waals surface area contributed by atoms with Crippen LogP contribution in [-0.2, 0) is 11.3 Å². The lowest BCUT2D eigenvalue weighted by Gasteiger charge is -2.19. The average Bonchev–Trinajstić information content (AvgIpc) is 3.28. The van der Waals surface area contributed by atoms with E-state index in [9.17, 15) is 4.79 Å². The Morgan fingerprint density at radius 3 is 2.50 bits per heavy atom. The third-order valence-corrected chi connectivity index (χ3v) is 4.03. The van der Waals surface area contributed by atoms with E-state index in [1.807, 2.05) is 57.6 Å². The Labute approximate surface area is 164 Å². The van der Waals surface area contributed by atoms with Gasteiger partial charge < -0.3 is 14.0 Å². The first kappa shape index (κ1) is 19.7. The van der Waals surface area contributed by atoms with Crippen molar-refractivity contribution in [1.29, 1.82) is 0 Å². The van der Waals surface area contributed by atoms with E-state index in [4.69, 9.17) is 9.47 Å². The highest BCUT2D eigenvalue weighted by Gasteiger charge is 2.18. The van der Waals surface area contributed by atoms with Gasteiger partial charge in [-0.3, -0.25) is 0 Å². The van der Waals surface area contributed by atoms with Gasteiger partial charge >= 0.3 is 6.09 Å². The highest BCUT2D eigenvalue weighted by molar-refractivity contribution is 5.73. The predicted octanol–water partition coefficient (Wildman–Crippen LogP) is 4.69. The Morgan fingerprint density at radius 1 is 1.14 bits per heavy atom. The summed E-state index contributed by atoms with van der Waals surface area (Å²) in [5.74, 6) is 0.756. The van der Waals surface area contributed by atoms with E-state index in [0.717, 1.165) is 17.0 Å². The van der Waals surface area contributed by atoms with Gasteiger partial charge in [-0.25, -0.2) is 19.3 Å². The lowest BCUT2D eigenvalue weighted by Crippen LogP contribution is -2.26. The van der Waals surface area contributed by atoms with Crippen molar-refractivity contribution in [3.8, 4) is 17.0 Å². The molecule has 1 aromatic carbocycles. The van der Waals surface area contributed by atoms with E-state index in [0.29, 0.717) is 18.3 Å². The Kier molecular flexibility index (Phi) is 5.53. The van der Waals surface area contributed by atoms with Crippen LogP contribution in [0.2, 0.25) is 0 Å². The van der Waals surface area contributed by atoms with Crippen LogP contribution in [0.1, 0.15) is 46.4 Å². The highest BCUT2D eigenvalue weighted by atomic mass is 16.6. The van der Waals surface area contributed by atoms with Crippen LogP contribution in [0, 0.1) is 0 Å². The fraction of sp³-hybridized carbons (Fsp3) is 0.381.